The molecule has 26 heavy (non-hydrogen) atoms. The molecule has 1 saturated heterocycles. The highest BCUT2D eigenvalue weighted by Gasteiger charge is 2.35. The number of carbonyl (C=O) groups is 1. The first-order valence-corrected chi connectivity index (χ1v) is 9.34. The minimum atomic E-state index is -0.798. The molecule has 1 aliphatic rings. The number of carboxylic acid groups (broad SMARTS) is 1. The topological polar surface area (TPSA) is 49.8 Å². The fourth-order valence-electron chi connectivity index (χ4n) is 3.59. The molecule has 138 valence electrons. The van der Waals surface area contributed by atoms with Gasteiger partial charge in [0.1, 0.15) is 11.8 Å². The monoisotopic (exact) mass is 393 g/mol. The van der Waals surface area contributed by atoms with Crippen LogP contribution in [0.15, 0.2) is 42.5 Å². The van der Waals surface area contributed by atoms with Crippen molar-refractivity contribution in [3.8, 4) is 5.75 Å². The van der Waals surface area contributed by atoms with E-state index in [1.54, 1.807) is 19.2 Å². The number of methoxy groups -OCH3 is 1. The molecular formula is C20H21Cl2NO3. The molecule has 4 nitrogen and oxygen atoms in total. The zero-order chi connectivity index (χ0) is 18.7. The predicted molar refractivity (Wildman–Crippen MR) is 103 cm³/mol. The van der Waals surface area contributed by atoms with Gasteiger partial charge >= 0.3 is 5.97 Å². The molecule has 1 N–H and O–H groups in total. The highest BCUT2D eigenvalue weighted by molar-refractivity contribution is 6.35. The number of halogens is 2. The number of piperidine rings is 1. The molecule has 0 saturated carbocycles. The maximum atomic E-state index is 11.9. The summed E-state index contributed by atoms with van der Waals surface area (Å²) in [6, 6.07) is 12.3. The average Bonchev–Trinajstić information content (AvgIpc) is 2.64. The number of benzene rings is 2. The summed E-state index contributed by atoms with van der Waals surface area (Å²) in [5.74, 6) is -0.0450. The molecule has 0 bridgehead atoms. The third kappa shape index (κ3) is 3.98. The van der Waals surface area contributed by atoms with Crippen molar-refractivity contribution in [1.82, 2.24) is 4.90 Å². The Morgan fingerprint density at radius 3 is 2.54 bits per heavy atom. The lowest BCUT2D eigenvalue weighted by Crippen LogP contribution is -2.46. The summed E-state index contributed by atoms with van der Waals surface area (Å²) in [6.07, 6.45) is 2.51. The quantitative estimate of drug-likeness (QED) is 0.773. The van der Waals surface area contributed by atoms with Gasteiger partial charge in [-0.25, -0.2) is 0 Å². The van der Waals surface area contributed by atoms with Crippen molar-refractivity contribution in [3.05, 3.63) is 63.6 Å². The molecule has 2 aromatic rings. The van der Waals surface area contributed by atoms with E-state index in [0.717, 1.165) is 29.7 Å². The van der Waals surface area contributed by atoms with E-state index in [0.29, 0.717) is 23.0 Å². The first kappa shape index (κ1) is 19.0. The smallest absolute Gasteiger partial charge is 0.320 e. The van der Waals surface area contributed by atoms with Crippen LogP contribution in [-0.4, -0.2) is 35.7 Å². The van der Waals surface area contributed by atoms with Gasteiger partial charge in [0.25, 0.3) is 0 Å². The number of ether oxygens (including phenoxy) is 1. The molecule has 3 rings (SSSR count). The van der Waals surface area contributed by atoms with E-state index in [1.165, 1.54) is 0 Å². The molecule has 1 fully saturated rings. The second-order valence-electron chi connectivity index (χ2n) is 6.43. The van der Waals surface area contributed by atoms with Crippen molar-refractivity contribution < 1.29 is 14.6 Å². The first-order valence-electron chi connectivity index (χ1n) is 8.58. The second kappa shape index (κ2) is 8.30. The molecule has 0 radical (unpaired) electrons. The van der Waals surface area contributed by atoms with E-state index in [4.69, 9.17) is 27.9 Å². The van der Waals surface area contributed by atoms with E-state index in [2.05, 4.69) is 0 Å². The average molecular weight is 394 g/mol. The Morgan fingerprint density at radius 2 is 1.92 bits per heavy atom. The third-order valence-electron chi connectivity index (χ3n) is 4.85. The van der Waals surface area contributed by atoms with E-state index in [9.17, 15) is 9.90 Å². The van der Waals surface area contributed by atoms with Crippen molar-refractivity contribution in [2.24, 2.45) is 0 Å². The Morgan fingerprint density at radius 1 is 1.19 bits per heavy atom. The Kier molecular flexibility index (Phi) is 6.07. The highest BCUT2D eigenvalue weighted by atomic mass is 35.5. The number of hydrogen-bond donors (Lipinski definition) is 1. The van der Waals surface area contributed by atoms with Crippen LogP contribution in [-0.2, 0) is 4.79 Å². The van der Waals surface area contributed by atoms with Gasteiger partial charge in [0.05, 0.1) is 13.2 Å². The van der Waals surface area contributed by atoms with Crippen LogP contribution in [0.1, 0.15) is 36.4 Å². The summed E-state index contributed by atoms with van der Waals surface area (Å²) in [4.78, 5) is 13.9. The molecule has 0 amide bonds. The van der Waals surface area contributed by atoms with Crippen LogP contribution in [0.3, 0.4) is 0 Å². The zero-order valence-electron chi connectivity index (χ0n) is 14.5. The van der Waals surface area contributed by atoms with Crippen molar-refractivity contribution >= 4 is 29.2 Å². The molecule has 0 aliphatic carbocycles. The fourth-order valence-corrected chi connectivity index (χ4v) is 4.10. The summed E-state index contributed by atoms with van der Waals surface area (Å²) in [7, 11) is 1.62. The van der Waals surface area contributed by atoms with Gasteiger partial charge < -0.3 is 9.84 Å². The van der Waals surface area contributed by atoms with E-state index in [1.807, 2.05) is 35.2 Å². The third-order valence-corrected chi connectivity index (χ3v) is 5.41. The van der Waals surface area contributed by atoms with Gasteiger partial charge in [-0.3, -0.25) is 9.69 Å². The molecule has 0 aromatic heterocycles. The maximum absolute atomic E-state index is 11.9. The zero-order valence-corrected chi connectivity index (χ0v) is 16.0. The Labute approximate surface area is 163 Å². The minimum Gasteiger partial charge on any atom is -0.497 e. The number of carboxylic acids is 1. The predicted octanol–water partition coefficient (Wildman–Crippen LogP) is 5.03. The van der Waals surface area contributed by atoms with Crippen molar-refractivity contribution in [3.63, 3.8) is 0 Å². The number of rotatable bonds is 5. The lowest BCUT2D eigenvalue weighted by molar-refractivity contribution is -0.145. The second-order valence-corrected chi connectivity index (χ2v) is 7.27. The molecule has 0 spiro atoms. The van der Waals surface area contributed by atoms with E-state index < -0.39 is 12.0 Å². The van der Waals surface area contributed by atoms with Crippen molar-refractivity contribution in [2.45, 2.75) is 31.3 Å². The number of nitrogens with zero attached hydrogens (tertiary/aromatic N) is 1. The lowest BCUT2D eigenvalue weighted by atomic mass is 9.91. The first-order chi connectivity index (χ1) is 12.5. The minimum absolute atomic E-state index is 0.257. The number of hydrogen-bond acceptors (Lipinski definition) is 3. The SMILES string of the molecule is COc1ccc(C(c2ccc(Cl)cc2Cl)N2CCCCC2C(=O)O)cc1. The van der Waals surface area contributed by atoms with Gasteiger partial charge in [-0.1, -0.05) is 47.8 Å². The van der Waals surface area contributed by atoms with Crippen LogP contribution < -0.4 is 4.74 Å². The molecular weight excluding hydrogens is 373 g/mol. The maximum Gasteiger partial charge on any atom is 0.320 e. The molecule has 2 unspecified atom stereocenters. The largest absolute Gasteiger partial charge is 0.497 e. The van der Waals surface area contributed by atoms with Gasteiger partial charge in [0.2, 0.25) is 0 Å². The Bertz CT molecular complexity index is 779. The lowest BCUT2D eigenvalue weighted by Gasteiger charge is -2.40. The Hall–Kier alpha value is -1.75. The van der Waals surface area contributed by atoms with E-state index >= 15 is 0 Å². The highest BCUT2D eigenvalue weighted by Crippen LogP contribution is 2.38. The Balaban J connectivity index is 2.09. The van der Waals surface area contributed by atoms with Gasteiger partial charge in [-0.2, -0.15) is 0 Å². The van der Waals surface area contributed by atoms with Crippen LogP contribution in [0.5, 0.6) is 5.75 Å². The van der Waals surface area contributed by atoms with Gasteiger partial charge in [0, 0.05) is 10.0 Å². The van der Waals surface area contributed by atoms with Gasteiger partial charge in [0.15, 0.2) is 0 Å². The normalized spacial score (nSPS) is 19.1. The standard InChI is InChI=1S/C20H21Cl2NO3/c1-26-15-8-5-13(6-9-15)19(16-10-7-14(21)12-17(16)22)23-11-3-2-4-18(23)20(24)25/h5-10,12,18-19H,2-4,11H2,1H3,(H,24,25). The summed E-state index contributed by atoms with van der Waals surface area (Å²) in [5.41, 5.74) is 1.83. The summed E-state index contributed by atoms with van der Waals surface area (Å²) >= 11 is 12.6. The van der Waals surface area contributed by atoms with Gasteiger partial charge in [-0.05, 0) is 54.8 Å². The van der Waals surface area contributed by atoms with E-state index in [-0.39, 0.29) is 6.04 Å². The molecule has 2 atom stereocenters. The van der Waals surface area contributed by atoms with Crippen molar-refractivity contribution in [1.29, 1.82) is 0 Å². The van der Waals surface area contributed by atoms with Crippen LogP contribution in [0, 0.1) is 0 Å². The summed E-state index contributed by atoms with van der Waals surface area (Å²) in [5, 5.41) is 10.8. The number of likely N-dealkylation sites (tertiary alicyclic amines) is 1. The summed E-state index contributed by atoms with van der Waals surface area (Å²) in [6.45, 7) is 0.701. The van der Waals surface area contributed by atoms with Crippen LogP contribution in [0.2, 0.25) is 10.0 Å². The summed E-state index contributed by atoms with van der Waals surface area (Å²) < 4.78 is 5.25. The van der Waals surface area contributed by atoms with Crippen molar-refractivity contribution in [2.75, 3.05) is 13.7 Å². The van der Waals surface area contributed by atoms with Crippen LogP contribution in [0.25, 0.3) is 0 Å². The van der Waals surface area contributed by atoms with Gasteiger partial charge in [-0.15, -0.1) is 0 Å². The van der Waals surface area contributed by atoms with Crippen LogP contribution in [0.4, 0.5) is 0 Å². The molecule has 1 aliphatic heterocycles. The molecule has 2 aromatic carbocycles. The molecule has 6 heteroatoms. The number of aliphatic carboxylic acids is 1. The fraction of sp³-hybridized carbons (Fsp3) is 0.350. The van der Waals surface area contributed by atoms with Crippen LogP contribution >= 0.6 is 23.2 Å². The molecule has 1 heterocycles.